The Bertz CT molecular complexity index is 833. The minimum absolute atomic E-state index is 0.0499. The molecule has 0 fully saturated rings. The molecule has 0 unspecified atom stereocenters. The molecule has 0 radical (unpaired) electrons. The van der Waals surface area contributed by atoms with Crippen LogP contribution >= 0.6 is 0 Å². The number of ether oxygens (including phenoxy) is 1. The minimum Gasteiger partial charge on any atom is -0.489 e. The normalized spacial score (nSPS) is 11.5. The highest BCUT2D eigenvalue weighted by Crippen LogP contribution is 2.18. The fourth-order valence-electron chi connectivity index (χ4n) is 2.86. The van der Waals surface area contributed by atoms with Gasteiger partial charge in [0, 0.05) is 18.5 Å². The maximum Gasteiger partial charge on any atom is 0.120 e. The molecule has 0 saturated carbocycles. The third-order valence-electron chi connectivity index (χ3n) is 4.31. The summed E-state index contributed by atoms with van der Waals surface area (Å²) in [6, 6.07) is 16.8. The maximum absolute atomic E-state index is 6.05. The first-order chi connectivity index (χ1) is 13.4. The number of nitrogens with zero attached hydrogens (tertiary/aromatic N) is 1. The highest BCUT2D eigenvalue weighted by atomic mass is 16.5. The summed E-state index contributed by atoms with van der Waals surface area (Å²) in [5.41, 5.74) is 3.90. The molecule has 2 rings (SSSR count). The Morgan fingerprint density at radius 3 is 2.50 bits per heavy atom. The van der Waals surface area contributed by atoms with Crippen molar-refractivity contribution in [3.63, 3.8) is 0 Å². The Balaban J connectivity index is 1.88. The number of benzene rings is 2. The van der Waals surface area contributed by atoms with Crippen LogP contribution in [0.15, 0.2) is 60.7 Å². The molecule has 0 N–H and O–H groups in total. The second-order valence-corrected chi connectivity index (χ2v) is 8.18. The van der Waals surface area contributed by atoms with E-state index in [9.17, 15) is 0 Å². The average molecular weight is 376 g/mol. The Hall–Kier alpha value is -2.50. The van der Waals surface area contributed by atoms with Crippen LogP contribution in [0.3, 0.4) is 0 Å². The molecule has 0 aliphatic rings. The lowest BCUT2D eigenvalue weighted by Crippen LogP contribution is -2.17. The van der Waals surface area contributed by atoms with Crippen LogP contribution in [0.5, 0.6) is 5.75 Å². The van der Waals surface area contributed by atoms with E-state index in [2.05, 4.69) is 100 Å². The molecule has 2 heteroatoms. The van der Waals surface area contributed by atoms with E-state index in [0.717, 1.165) is 25.3 Å². The summed E-state index contributed by atoms with van der Waals surface area (Å²) in [6.07, 6.45) is 5.09. The number of hydrogen-bond acceptors (Lipinski definition) is 2. The quantitative estimate of drug-likeness (QED) is 0.535. The van der Waals surface area contributed by atoms with Crippen molar-refractivity contribution >= 4 is 0 Å². The maximum atomic E-state index is 6.05. The van der Waals surface area contributed by atoms with Crippen molar-refractivity contribution in [2.75, 3.05) is 13.6 Å². The van der Waals surface area contributed by atoms with Gasteiger partial charge in [0.1, 0.15) is 12.4 Å². The Morgan fingerprint density at radius 1 is 1.04 bits per heavy atom. The number of hydrogen-bond donors (Lipinski definition) is 0. The topological polar surface area (TPSA) is 12.5 Å². The van der Waals surface area contributed by atoms with Gasteiger partial charge in [-0.05, 0) is 69.1 Å². The van der Waals surface area contributed by atoms with E-state index in [1.807, 2.05) is 12.1 Å². The Morgan fingerprint density at radius 2 is 1.79 bits per heavy atom. The van der Waals surface area contributed by atoms with Gasteiger partial charge in [-0.2, -0.15) is 0 Å². The summed E-state index contributed by atoms with van der Waals surface area (Å²) in [6.45, 7) is 10.9. The van der Waals surface area contributed by atoms with Crippen LogP contribution < -0.4 is 4.74 Å². The van der Waals surface area contributed by atoms with Gasteiger partial charge in [0.05, 0.1) is 0 Å². The molecule has 148 valence electrons. The van der Waals surface area contributed by atoms with E-state index in [-0.39, 0.29) is 5.41 Å². The predicted molar refractivity (Wildman–Crippen MR) is 119 cm³/mol. The second-order valence-electron chi connectivity index (χ2n) is 8.18. The second kappa shape index (κ2) is 10.7. The molecular weight excluding hydrogens is 342 g/mol. The lowest BCUT2D eigenvalue weighted by molar-refractivity contribution is 0.303. The lowest BCUT2D eigenvalue weighted by Gasteiger charge is -2.15. The van der Waals surface area contributed by atoms with Crippen molar-refractivity contribution in [3.8, 4) is 17.6 Å². The molecule has 0 atom stereocenters. The SMILES string of the molecule is CCc1ccccc1COc1cccc(CN(C)C/C=C/C#CC(C)(C)C)c1. The third-order valence-corrected chi connectivity index (χ3v) is 4.31. The van der Waals surface area contributed by atoms with Crippen LogP contribution in [0.4, 0.5) is 0 Å². The van der Waals surface area contributed by atoms with Crippen LogP contribution in [-0.4, -0.2) is 18.5 Å². The van der Waals surface area contributed by atoms with Gasteiger partial charge in [-0.1, -0.05) is 61.2 Å². The molecule has 0 saturated heterocycles. The van der Waals surface area contributed by atoms with Crippen molar-refractivity contribution in [1.82, 2.24) is 4.90 Å². The first-order valence-electron chi connectivity index (χ1n) is 10.0. The first-order valence-corrected chi connectivity index (χ1v) is 10.0. The van der Waals surface area contributed by atoms with E-state index in [4.69, 9.17) is 4.74 Å². The molecule has 0 aromatic heterocycles. The molecule has 0 aliphatic heterocycles. The Kier molecular flexibility index (Phi) is 8.36. The fourth-order valence-corrected chi connectivity index (χ4v) is 2.86. The molecule has 0 spiro atoms. The summed E-state index contributed by atoms with van der Waals surface area (Å²) < 4.78 is 6.05. The van der Waals surface area contributed by atoms with Gasteiger partial charge in [-0.3, -0.25) is 4.90 Å². The number of allylic oxidation sites excluding steroid dienone is 1. The van der Waals surface area contributed by atoms with E-state index in [0.29, 0.717) is 6.61 Å². The van der Waals surface area contributed by atoms with E-state index in [1.54, 1.807) is 0 Å². The molecule has 0 aliphatic carbocycles. The van der Waals surface area contributed by atoms with Crippen molar-refractivity contribution in [1.29, 1.82) is 0 Å². The van der Waals surface area contributed by atoms with Gasteiger partial charge in [-0.15, -0.1) is 0 Å². The largest absolute Gasteiger partial charge is 0.489 e. The monoisotopic (exact) mass is 375 g/mol. The van der Waals surface area contributed by atoms with E-state index >= 15 is 0 Å². The van der Waals surface area contributed by atoms with Crippen LogP contribution in [0.25, 0.3) is 0 Å². The highest BCUT2D eigenvalue weighted by molar-refractivity contribution is 5.31. The zero-order valence-corrected chi connectivity index (χ0v) is 18.0. The highest BCUT2D eigenvalue weighted by Gasteiger charge is 2.04. The zero-order chi connectivity index (χ0) is 20.4. The van der Waals surface area contributed by atoms with E-state index in [1.165, 1.54) is 16.7 Å². The summed E-state index contributed by atoms with van der Waals surface area (Å²) in [5.74, 6) is 7.25. The molecule has 2 nitrogen and oxygen atoms in total. The van der Waals surface area contributed by atoms with Gasteiger partial charge in [-0.25, -0.2) is 0 Å². The van der Waals surface area contributed by atoms with Crippen LogP contribution in [0.1, 0.15) is 44.4 Å². The molecule has 0 amide bonds. The smallest absolute Gasteiger partial charge is 0.120 e. The fraction of sp³-hybridized carbons (Fsp3) is 0.385. The number of aryl methyl sites for hydroxylation is 1. The summed E-state index contributed by atoms with van der Waals surface area (Å²) >= 11 is 0. The average Bonchev–Trinajstić information content (AvgIpc) is 2.65. The lowest BCUT2D eigenvalue weighted by atomic mass is 9.98. The van der Waals surface area contributed by atoms with Crippen LogP contribution in [0.2, 0.25) is 0 Å². The van der Waals surface area contributed by atoms with Crippen molar-refractivity contribution in [3.05, 3.63) is 77.4 Å². The molecule has 2 aromatic rings. The summed E-state index contributed by atoms with van der Waals surface area (Å²) in [4.78, 5) is 2.26. The van der Waals surface area contributed by atoms with Crippen molar-refractivity contribution in [2.24, 2.45) is 5.41 Å². The molecule has 0 bridgehead atoms. The number of likely N-dealkylation sites (N-methyl/N-ethyl adjacent to an activating group) is 1. The minimum atomic E-state index is 0.0499. The van der Waals surface area contributed by atoms with Gasteiger partial charge in [0.15, 0.2) is 0 Å². The standard InChI is InChI=1S/C26H33NO/c1-6-23-14-8-9-15-24(23)21-28-25-16-12-13-22(19-25)20-27(5)18-11-7-10-17-26(2,3)4/h7-9,11-16,19H,6,18,20-21H2,1-5H3/b11-7+. The predicted octanol–water partition coefficient (Wildman–Crippen LogP) is 5.87. The van der Waals surface area contributed by atoms with Crippen LogP contribution in [-0.2, 0) is 19.6 Å². The van der Waals surface area contributed by atoms with Crippen LogP contribution in [0, 0.1) is 17.3 Å². The van der Waals surface area contributed by atoms with Gasteiger partial charge >= 0.3 is 0 Å². The first kappa shape index (κ1) is 21.8. The van der Waals surface area contributed by atoms with Gasteiger partial charge < -0.3 is 4.74 Å². The van der Waals surface area contributed by atoms with Gasteiger partial charge in [0.25, 0.3) is 0 Å². The Labute approximate surface area is 171 Å². The summed E-state index contributed by atoms with van der Waals surface area (Å²) in [5, 5.41) is 0. The zero-order valence-electron chi connectivity index (χ0n) is 18.0. The van der Waals surface area contributed by atoms with Crippen molar-refractivity contribution < 1.29 is 4.74 Å². The van der Waals surface area contributed by atoms with Gasteiger partial charge in [0.2, 0.25) is 0 Å². The molecule has 0 heterocycles. The van der Waals surface area contributed by atoms with Crippen molar-refractivity contribution in [2.45, 2.75) is 47.3 Å². The third kappa shape index (κ3) is 8.03. The molecule has 28 heavy (non-hydrogen) atoms. The molecular formula is C26H33NO. The van der Waals surface area contributed by atoms with E-state index < -0.39 is 0 Å². The number of rotatable bonds is 8. The molecule has 2 aromatic carbocycles. The summed E-state index contributed by atoms with van der Waals surface area (Å²) in [7, 11) is 2.12.